The molecule has 2 saturated heterocycles. The number of thioether (sulfide) groups is 1. The molecule has 2 aliphatic rings. The highest BCUT2D eigenvalue weighted by atomic mass is 32.2. The number of nitrogens with zero attached hydrogens (tertiary/aromatic N) is 4. The number of methoxy groups -OCH3 is 2. The quantitative estimate of drug-likeness (QED) is 0.227. The van der Waals surface area contributed by atoms with Crippen molar-refractivity contribution < 1.29 is 23.9 Å². The van der Waals surface area contributed by atoms with Gasteiger partial charge < -0.3 is 19.7 Å². The van der Waals surface area contributed by atoms with Crippen molar-refractivity contribution in [3.05, 3.63) is 45.2 Å². The molecule has 0 aromatic carbocycles. The van der Waals surface area contributed by atoms with Gasteiger partial charge in [0.05, 0.1) is 24.0 Å². The summed E-state index contributed by atoms with van der Waals surface area (Å²) in [6, 6.07) is 4.18. The van der Waals surface area contributed by atoms with Crippen LogP contribution < -0.4 is 15.8 Å². The van der Waals surface area contributed by atoms with Gasteiger partial charge in [0, 0.05) is 39.5 Å². The number of fused-ring (bicyclic) bond motifs is 1. The molecular weight excluding hydrogens is 506 g/mol. The fourth-order valence-corrected chi connectivity index (χ4v) is 5.33. The first kappa shape index (κ1) is 25.8. The van der Waals surface area contributed by atoms with Crippen LogP contribution in [0.3, 0.4) is 0 Å². The standard InChI is InChI=1S/C23H25N5O6S2/c1-33-11-5-9-28-22(32)16(36-23(28)35)12-14-19(25-17-6-3-4-8-27(17)21(14)31)26-10-7-24-20(30)15(26)13-18(29)34-2/h3-4,6,8,12,15H,5,7,9-11,13H2,1-2H3,(H,24,30). The highest BCUT2D eigenvalue weighted by Crippen LogP contribution is 2.34. The van der Waals surface area contributed by atoms with Gasteiger partial charge in [-0.25, -0.2) is 4.98 Å². The first-order valence-electron chi connectivity index (χ1n) is 11.2. The second kappa shape index (κ2) is 11.2. The minimum Gasteiger partial charge on any atom is -0.469 e. The lowest BCUT2D eigenvalue weighted by Gasteiger charge is -2.36. The van der Waals surface area contributed by atoms with Crippen LogP contribution >= 0.6 is 24.0 Å². The zero-order valence-corrected chi connectivity index (χ0v) is 21.4. The number of carbonyl (C=O) groups is 3. The maximum absolute atomic E-state index is 13.6. The molecule has 1 unspecified atom stereocenters. The van der Waals surface area contributed by atoms with E-state index in [4.69, 9.17) is 21.7 Å². The number of esters is 1. The summed E-state index contributed by atoms with van der Waals surface area (Å²) in [6.45, 7) is 1.48. The van der Waals surface area contributed by atoms with Gasteiger partial charge in [-0.05, 0) is 24.6 Å². The number of hydrogen-bond donors (Lipinski definition) is 1. The summed E-state index contributed by atoms with van der Waals surface area (Å²) in [7, 11) is 2.83. The van der Waals surface area contributed by atoms with Gasteiger partial charge in [-0.3, -0.25) is 28.5 Å². The number of pyridine rings is 1. The Hall–Kier alpha value is -3.29. The average molecular weight is 532 g/mol. The van der Waals surface area contributed by atoms with Gasteiger partial charge in [0.1, 0.15) is 21.8 Å². The van der Waals surface area contributed by atoms with Crippen molar-refractivity contribution in [2.75, 3.05) is 45.4 Å². The average Bonchev–Trinajstić information content (AvgIpc) is 3.14. The van der Waals surface area contributed by atoms with Crippen LogP contribution in [0.15, 0.2) is 34.1 Å². The van der Waals surface area contributed by atoms with E-state index in [9.17, 15) is 19.2 Å². The highest BCUT2D eigenvalue weighted by molar-refractivity contribution is 8.26. The van der Waals surface area contributed by atoms with Crippen LogP contribution in [0.4, 0.5) is 5.82 Å². The third-order valence-corrected chi connectivity index (χ3v) is 7.20. The number of amides is 2. The summed E-state index contributed by atoms with van der Waals surface area (Å²) >= 11 is 6.50. The monoisotopic (exact) mass is 531 g/mol. The smallest absolute Gasteiger partial charge is 0.308 e. The maximum Gasteiger partial charge on any atom is 0.308 e. The van der Waals surface area contributed by atoms with Crippen molar-refractivity contribution in [1.82, 2.24) is 19.6 Å². The van der Waals surface area contributed by atoms with Crippen LogP contribution in [-0.4, -0.2) is 82.9 Å². The molecule has 2 aliphatic heterocycles. The molecule has 11 nitrogen and oxygen atoms in total. The Kier molecular flexibility index (Phi) is 8.01. The number of aromatic nitrogens is 2. The van der Waals surface area contributed by atoms with E-state index in [-0.39, 0.29) is 34.5 Å². The minimum atomic E-state index is -0.931. The number of ether oxygens (including phenoxy) is 2. The molecule has 4 heterocycles. The van der Waals surface area contributed by atoms with Gasteiger partial charge in [0.15, 0.2) is 0 Å². The molecule has 36 heavy (non-hydrogen) atoms. The second-order valence-corrected chi connectivity index (χ2v) is 9.72. The van der Waals surface area contributed by atoms with Gasteiger partial charge in [0.2, 0.25) is 5.91 Å². The van der Waals surface area contributed by atoms with Crippen molar-refractivity contribution >= 4 is 63.6 Å². The minimum absolute atomic E-state index is 0.126. The topological polar surface area (TPSA) is 123 Å². The van der Waals surface area contributed by atoms with Gasteiger partial charge in [-0.15, -0.1) is 0 Å². The number of carbonyl (C=O) groups excluding carboxylic acids is 3. The lowest BCUT2D eigenvalue weighted by Crippen LogP contribution is -2.57. The molecule has 2 aromatic rings. The second-order valence-electron chi connectivity index (χ2n) is 8.04. The van der Waals surface area contributed by atoms with Crippen molar-refractivity contribution in [2.24, 2.45) is 0 Å². The van der Waals surface area contributed by atoms with Crippen molar-refractivity contribution in [1.29, 1.82) is 0 Å². The fraction of sp³-hybridized carbons (Fsp3) is 0.391. The first-order chi connectivity index (χ1) is 17.3. The summed E-state index contributed by atoms with van der Waals surface area (Å²) in [5.74, 6) is -1.05. The van der Waals surface area contributed by atoms with Crippen LogP contribution in [0, 0.1) is 0 Å². The molecule has 13 heteroatoms. The molecule has 1 atom stereocenters. The lowest BCUT2D eigenvalue weighted by atomic mass is 10.1. The third kappa shape index (κ3) is 5.13. The number of hydrogen-bond acceptors (Lipinski definition) is 10. The largest absolute Gasteiger partial charge is 0.469 e. The van der Waals surface area contributed by atoms with E-state index < -0.39 is 17.6 Å². The van der Waals surface area contributed by atoms with Gasteiger partial charge in [-0.2, -0.15) is 0 Å². The van der Waals surface area contributed by atoms with Crippen LogP contribution in [0.1, 0.15) is 18.4 Å². The Morgan fingerprint density at radius 3 is 2.86 bits per heavy atom. The Labute approximate surface area is 216 Å². The van der Waals surface area contributed by atoms with Gasteiger partial charge in [-0.1, -0.05) is 30.0 Å². The molecule has 190 valence electrons. The summed E-state index contributed by atoms with van der Waals surface area (Å²) in [5, 5.41) is 2.74. The molecule has 0 saturated carbocycles. The van der Waals surface area contributed by atoms with E-state index in [1.807, 2.05) is 0 Å². The van der Waals surface area contributed by atoms with Crippen molar-refractivity contribution in [2.45, 2.75) is 18.9 Å². The Morgan fingerprint density at radius 1 is 1.31 bits per heavy atom. The van der Waals surface area contributed by atoms with Crippen LogP contribution in [-0.2, 0) is 23.9 Å². The maximum atomic E-state index is 13.6. The highest BCUT2D eigenvalue weighted by Gasteiger charge is 2.36. The summed E-state index contributed by atoms with van der Waals surface area (Å²) in [5.41, 5.74) is 0.0771. The van der Waals surface area contributed by atoms with Crippen molar-refractivity contribution in [3.63, 3.8) is 0 Å². The number of nitrogens with one attached hydrogen (secondary N) is 1. The molecule has 0 bridgehead atoms. The van der Waals surface area contributed by atoms with Crippen molar-refractivity contribution in [3.8, 4) is 0 Å². The Morgan fingerprint density at radius 2 is 2.11 bits per heavy atom. The third-order valence-electron chi connectivity index (χ3n) is 5.82. The van der Waals surface area contributed by atoms with Gasteiger partial charge in [0.25, 0.3) is 11.5 Å². The molecule has 2 amide bonds. The molecule has 0 radical (unpaired) electrons. The lowest BCUT2D eigenvalue weighted by molar-refractivity contribution is -0.143. The van der Waals surface area contributed by atoms with Gasteiger partial charge >= 0.3 is 5.97 Å². The first-order valence-corrected chi connectivity index (χ1v) is 12.4. The normalized spacial score (nSPS) is 19.3. The number of rotatable bonds is 8. The Bertz CT molecular complexity index is 1310. The SMILES string of the molecule is COCCCN1C(=O)C(=Cc2c(N3CCNC(=O)C3CC(=O)OC)nc3ccccn3c2=O)SC1=S. The van der Waals surface area contributed by atoms with E-state index in [1.54, 1.807) is 36.4 Å². The zero-order valence-electron chi connectivity index (χ0n) is 19.8. The van der Waals surface area contributed by atoms with Crippen LogP contribution in [0.2, 0.25) is 0 Å². The molecule has 2 aromatic heterocycles. The predicted molar refractivity (Wildman–Crippen MR) is 139 cm³/mol. The van der Waals surface area contributed by atoms with E-state index in [0.29, 0.717) is 42.6 Å². The number of anilines is 1. The molecular formula is C23H25N5O6S2. The van der Waals surface area contributed by atoms with Crippen LogP contribution in [0.5, 0.6) is 0 Å². The zero-order chi connectivity index (χ0) is 25.8. The molecule has 0 spiro atoms. The molecule has 1 N–H and O–H groups in total. The van der Waals surface area contributed by atoms with E-state index in [2.05, 4.69) is 10.3 Å². The Balaban J connectivity index is 1.82. The van der Waals surface area contributed by atoms with E-state index in [1.165, 1.54) is 22.5 Å². The molecule has 2 fully saturated rings. The fourth-order valence-electron chi connectivity index (χ4n) is 4.04. The van der Waals surface area contributed by atoms with E-state index >= 15 is 0 Å². The number of piperazine rings is 1. The summed E-state index contributed by atoms with van der Waals surface area (Å²) in [6.07, 6.45) is 3.44. The summed E-state index contributed by atoms with van der Waals surface area (Å²) < 4.78 is 11.6. The molecule has 4 rings (SSSR count). The molecule has 0 aliphatic carbocycles. The summed E-state index contributed by atoms with van der Waals surface area (Å²) in [4.78, 5) is 59.6. The number of thiocarbonyl (C=S) groups is 1. The predicted octanol–water partition coefficient (Wildman–Crippen LogP) is 0.800. The van der Waals surface area contributed by atoms with E-state index in [0.717, 1.165) is 11.8 Å². The van der Waals surface area contributed by atoms with Crippen LogP contribution in [0.25, 0.3) is 11.7 Å².